The highest BCUT2D eigenvalue weighted by atomic mass is 16.5. The van der Waals surface area contributed by atoms with Gasteiger partial charge in [-0.1, -0.05) is 24.3 Å². The number of ether oxygens (including phenoxy) is 1. The van der Waals surface area contributed by atoms with Crippen LogP contribution in [0.2, 0.25) is 0 Å². The van der Waals surface area contributed by atoms with Crippen LogP contribution in [0, 0.1) is 6.92 Å². The van der Waals surface area contributed by atoms with E-state index in [1.165, 1.54) is 11.1 Å². The number of rotatable bonds is 5. The Balaban J connectivity index is 2.04. The summed E-state index contributed by atoms with van der Waals surface area (Å²) in [6.07, 6.45) is 1.10. The minimum atomic E-state index is -0.144. The number of hydrogen-bond acceptors (Lipinski definition) is 2. The summed E-state index contributed by atoms with van der Waals surface area (Å²) in [5, 5.41) is 0. The number of benzene rings is 1. The Bertz CT molecular complexity index is 557. The second-order valence-electron chi connectivity index (χ2n) is 4.52. The molecule has 0 unspecified atom stereocenters. The van der Waals surface area contributed by atoms with Crippen LogP contribution in [-0.4, -0.2) is 17.6 Å². The maximum absolute atomic E-state index is 11.3. The number of hydrogen-bond donors (Lipinski definition) is 1. The maximum Gasteiger partial charge on any atom is 0.306 e. The average Bonchev–Trinajstić information content (AvgIpc) is 2.86. The highest BCUT2D eigenvalue weighted by molar-refractivity contribution is 5.70. The van der Waals surface area contributed by atoms with Crippen molar-refractivity contribution in [2.45, 2.75) is 26.7 Å². The van der Waals surface area contributed by atoms with Crippen LogP contribution in [0.25, 0.3) is 11.3 Å². The van der Waals surface area contributed by atoms with Gasteiger partial charge in [0.25, 0.3) is 0 Å². The number of aromatic amines is 1. The maximum atomic E-state index is 11.3. The monoisotopic (exact) mass is 257 g/mol. The van der Waals surface area contributed by atoms with Crippen molar-refractivity contribution in [2.75, 3.05) is 6.61 Å². The zero-order valence-electron chi connectivity index (χ0n) is 11.4. The van der Waals surface area contributed by atoms with Crippen molar-refractivity contribution < 1.29 is 9.53 Å². The molecule has 0 amide bonds. The SMILES string of the molecule is CCOC(=O)CCc1ccc(-c2ccccc2C)[nH]1. The fourth-order valence-corrected chi connectivity index (χ4v) is 2.09. The second kappa shape index (κ2) is 6.23. The van der Waals surface area contributed by atoms with Crippen LogP contribution in [-0.2, 0) is 16.0 Å². The average molecular weight is 257 g/mol. The Morgan fingerprint density at radius 2 is 2.00 bits per heavy atom. The molecular formula is C16H19NO2. The minimum Gasteiger partial charge on any atom is -0.466 e. The van der Waals surface area contributed by atoms with Crippen LogP contribution in [0.4, 0.5) is 0 Å². The normalized spacial score (nSPS) is 10.4. The smallest absolute Gasteiger partial charge is 0.306 e. The van der Waals surface area contributed by atoms with E-state index in [0.717, 1.165) is 11.4 Å². The molecule has 0 saturated heterocycles. The number of aryl methyl sites for hydroxylation is 2. The van der Waals surface area contributed by atoms with E-state index in [0.29, 0.717) is 19.4 Å². The molecule has 1 heterocycles. The highest BCUT2D eigenvalue weighted by Gasteiger charge is 2.06. The van der Waals surface area contributed by atoms with Gasteiger partial charge in [0, 0.05) is 17.0 Å². The molecule has 0 aliphatic rings. The van der Waals surface area contributed by atoms with E-state index in [4.69, 9.17) is 4.74 Å². The van der Waals surface area contributed by atoms with Crippen LogP contribution >= 0.6 is 0 Å². The molecule has 0 aliphatic heterocycles. The summed E-state index contributed by atoms with van der Waals surface area (Å²) in [4.78, 5) is 14.7. The number of esters is 1. The summed E-state index contributed by atoms with van der Waals surface area (Å²) in [5.41, 5.74) is 4.59. The molecule has 0 aliphatic carbocycles. The van der Waals surface area contributed by atoms with E-state index in [2.05, 4.69) is 30.1 Å². The Morgan fingerprint density at radius 1 is 1.21 bits per heavy atom. The molecule has 0 spiro atoms. The van der Waals surface area contributed by atoms with Crippen molar-refractivity contribution in [1.29, 1.82) is 0 Å². The van der Waals surface area contributed by atoms with Gasteiger partial charge in [-0.3, -0.25) is 4.79 Å². The van der Waals surface area contributed by atoms with Crippen LogP contribution in [0.5, 0.6) is 0 Å². The first-order valence-corrected chi connectivity index (χ1v) is 6.60. The van der Waals surface area contributed by atoms with Gasteiger partial charge in [-0.25, -0.2) is 0 Å². The first-order chi connectivity index (χ1) is 9.20. The van der Waals surface area contributed by atoms with Gasteiger partial charge < -0.3 is 9.72 Å². The van der Waals surface area contributed by atoms with E-state index in [-0.39, 0.29) is 5.97 Å². The second-order valence-corrected chi connectivity index (χ2v) is 4.52. The zero-order valence-corrected chi connectivity index (χ0v) is 11.4. The predicted octanol–water partition coefficient (Wildman–Crippen LogP) is 3.49. The van der Waals surface area contributed by atoms with Crippen LogP contribution < -0.4 is 0 Å². The lowest BCUT2D eigenvalue weighted by Gasteiger charge is -2.03. The van der Waals surface area contributed by atoms with E-state index in [1.807, 2.05) is 25.1 Å². The van der Waals surface area contributed by atoms with E-state index < -0.39 is 0 Å². The minimum absolute atomic E-state index is 0.144. The van der Waals surface area contributed by atoms with Crippen molar-refractivity contribution in [1.82, 2.24) is 4.98 Å². The van der Waals surface area contributed by atoms with Crippen molar-refractivity contribution in [3.63, 3.8) is 0 Å². The highest BCUT2D eigenvalue weighted by Crippen LogP contribution is 2.22. The largest absolute Gasteiger partial charge is 0.466 e. The van der Waals surface area contributed by atoms with Gasteiger partial charge in [0.15, 0.2) is 0 Å². The summed E-state index contributed by atoms with van der Waals surface area (Å²) >= 11 is 0. The van der Waals surface area contributed by atoms with Crippen molar-refractivity contribution in [2.24, 2.45) is 0 Å². The molecule has 1 aromatic heterocycles. The van der Waals surface area contributed by atoms with E-state index in [9.17, 15) is 4.79 Å². The van der Waals surface area contributed by atoms with Crippen molar-refractivity contribution in [3.8, 4) is 11.3 Å². The third-order valence-corrected chi connectivity index (χ3v) is 3.09. The molecule has 3 nitrogen and oxygen atoms in total. The summed E-state index contributed by atoms with van der Waals surface area (Å²) in [6, 6.07) is 12.3. The summed E-state index contributed by atoms with van der Waals surface area (Å²) in [7, 11) is 0. The van der Waals surface area contributed by atoms with Gasteiger partial charge in [-0.15, -0.1) is 0 Å². The van der Waals surface area contributed by atoms with Gasteiger partial charge >= 0.3 is 5.97 Å². The third kappa shape index (κ3) is 3.47. The molecule has 3 heteroatoms. The molecular weight excluding hydrogens is 238 g/mol. The van der Waals surface area contributed by atoms with Gasteiger partial charge in [0.1, 0.15) is 0 Å². The molecule has 0 bridgehead atoms. The Morgan fingerprint density at radius 3 is 2.74 bits per heavy atom. The van der Waals surface area contributed by atoms with Gasteiger partial charge in [0.05, 0.1) is 13.0 Å². The summed E-state index contributed by atoms with van der Waals surface area (Å²) in [6.45, 7) is 4.36. The number of aromatic nitrogens is 1. The zero-order chi connectivity index (χ0) is 13.7. The molecule has 1 aromatic carbocycles. The standard InChI is InChI=1S/C16H19NO2/c1-3-19-16(18)11-9-13-8-10-15(17-13)14-7-5-4-6-12(14)2/h4-8,10,17H,3,9,11H2,1-2H3. The summed E-state index contributed by atoms with van der Waals surface area (Å²) in [5.74, 6) is -0.144. The van der Waals surface area contributed by atoms with Crippen LogP contribution in [0.1, 0.15) is 24.6 Å². The molecule has 19 heavy (non-hydrogen) atoms. The third-order valence-electron chi connectivity index (χ3n) is 3.09. The van der Waals surface area contributed by atoms with Crippen LogP contribution in [0.15, 0.2) is 36.4 Å². The Kier molecular flexibility index (Phi) is 4.39. The van der Waals surface area contributed by atoms with E-state index >= 15 is 0 Å². The molecule has 2 aromatic rings. The Hall–Kier alpha value is -2.03. The van der Waals surface area contributed by atoms with Crippen molar-refractivity contribution in [3.05, 3.63) is 47.7 Å². The lowest BCUT2D eigenvalue weighted by Crippen LogP contribution is -2.05. The topological polar surface area (TPSA) is 42.1 Å². The van der Waals surface area contributed by atoms with E-state index in [1.54, 1.807) is 0 Å². The molecule has 0 saturated carbocycles. The first-order valence-electron chi connectivity index (χ1n) is 6.60. The first kappa shape index (κ1) is 13.4. The van der Waals surface area contributed by atoms with Gasteiger partial charge in [-0.05, 0) is 38.0 Å². The molecule has 0 radical (unpaired) electrons. The quantitative estimate of drug-likeness (QED) is 0.833. The fraction of sp³-hybridized carbons (Fsp3) is 0.312. The molecule has 0 fully saturated rings. The number of carbonyl (C=O) groups is 1. The number of H-pyrrole nitrogens is 1. The lowest BCUT2D eigenvalue weighted by atomic mass is 10.1. The lowest BCUT2D eigenvalue weighted by molar-refractivity contribution is -0.143. The van der Waals surface area contributed by atoms with Crippen molar-refractivity contribution >= 4 is 5.97 Å². The fourth-order valence-electron chi connectivity index (χ4n) is 2.09. The van der Waals surface area contributed by atoms with Gasteiger partial charge in [-0.2, -0.15) is 0 Å². The predicted molar refractivity (Wildman–Crippen MR) is 75.9 cm³/mol. The van der Waals surface area contributed by atoms with Crippen LogP contribution in [0.3, 0.4) is 0 Å². The molecule has 0 atom stereocenters. The Labute approximate surface area is 113 Å². The number of carbonyl (C=O) groups excluding carboxylic acids is 1. The van der Waals surface area contributed by atoms with Gasteiger partial charge in [0.2, 0.25) is 0 Å². The molecule has 2 rings (SSSR count). The molecule has 100 valence electrons. The molecule has 1 N–H and O–H groups in total. The summed E-state index contributed by atoms with van der Waals surface area (Å²) < 4.78 is 4.92. The number of nitrogens with one attached hydrogen (secondary N) is 1.